The molecule has 1 aromatic rings. The van der Waals surface area contributed by atoms with Gasteiger partial charge in [-0.1, -0.05) is 39.2 Å². The zero-order valence-electron chi connectivity index (χ0n) is 15.7. The molecule has 7 heteroatoms. The van der Waals surface area contributed by atoms with Crippen molar-refractivity contribution in [2.75, 3.05) is 13.7 Å². The van der Waals surface area contributed by atoms with E-state index >= 15 is 0 Å². The fourth-order valence-corrected chi connectivity index (χ4v) is 3.74. The highest BCUT2D eigenvalue weighted by Gasteiger charge is 2.28. The summed E-state index contributed by atoms with van der Waals surface area (Å²) in [4.78, 5) is 39.1. The number of hydrogen-bond donors (Lipinski definition) is 1. The Labute approximate surface area is 158 Å². The second kappa shape index (κ2) is 9.71. The molecule has 1 N–H and O–H groups in total. The lowest BCUT2D eigenvalue weighted by Gasteiger charge is -2.31. The van der Waals surface area contributed by atoms with E-state index in [0.717, 1.165) is 25.7 Å². The second-order valence-corrected chi connectivity index (χ2v) is 8.02. The highest BCUT2D eigenvalue weighted by Crippen LogP contribution is 2.21. The molecule has 1 atom stereocenters. The van der Waals surface area contributed by atoms with Gasteiger partial charge in [0.2, 0.25) is 0 Å². The fraction of sp³-hybridized carbons (Fsp3) is 0.632. The van der Waals surface area contributed by atoms with Crippen molar-refractivity contribution in [2.45, 2.75) is 58.0 Å². The number of hydrogen-bond acceptors (Lipinski definition) is 5. The van der Waals surface area contributed by atoms with Gasteiger partial charge >= 0.3 is 5.97 Å². The molecule has 1 aliphatic carbocycles. The fourth-order valence-electron chi connectivity index (χ4n) is 3.11. The average molecular weight is 381 g/mol. The molecular weight excluding hydrogens is 352 g/mol. The van der Waals surface area contributed by atoms with Crippen LogP contribution in [0, 0.1) is 5.92 Å². The lowest BCUT2D eigenvalue weighted by molar-refractivity contribution is -0.155. The molecule has 1 aromatic heterocycles. The van der Waals surface area contributed by atoms with Gasteiger partial charge in [0.1, 0.15) is 6.04 Å². The topological polar surface area (TPSA) is 75.7 Å². The number of esters is 1. The highest BCUT2D eigenvalue weighted by molar-refractivity contribution is 7.12. The molecule has 0 radical (unpaired) electrons. The Hall–Kier alpha value is -1.89. The van der Waals surface area contributed by atoms with E-state index in [1.807, 2.05) is 13.8 Å². The Kier molecular flexibility index (Phi) is 7.63. The van der Waals surface area contributed by atoms with Crippen LogP contribution in [-0.4, -0.2) is 48.4 Å². The lowest BCUT2D eigenvalue weighted by atomic mass is 9.94. The molecule has 1 fully saturated rings. The molecule has 1 unspecified atom stereocenters. The Morgan fingerprint density at radius 2 is 1.96 bits per heavy atom. The van der Waals surface area contributed by atoms with Crippen LogP contribution < -0.4 is 5.32 Å². The molecule has 0 bridgehead atoms. The van der Waals surface area contributed by atoms with Crippen molar-refractivity contribution in [1.29, 1.82) is 0 Å². The zero-order chi connectivity index (χ0) is 19.1. The molecule has 26 heavy (non-hydrogen) atoms. The number of carbonyl (C=O) groups is 3. The smallest absolute Gasteiger partial charge is 0.329 e. The molecule has 2 rings (SSSR count). The maximum absolute atomic E-state index is 12.4. The largest absolute Gasteiger partial charge is 0.454 e. The zero-order valence-corrected chi connectivity index (χ0v) is 16.5. The van der Waals surface area contributed by atoms with Crippen molar-refractivity contribution in [3.05, 3.63) is 22.4 Å². The van der Waals surface area contributed by atoms with Gasteiger partial charge in [0.25, 0.3) is 11.8 Å². The summed E-state index contributed by atoms with van der Waals surface area (Å²) >= 11 is 1.31. The summed E-state index contributed by atoms with van der Waals surface area (Å²) in [6.07, 6.45) is 5.48. The van der Waals surface area contributed by atoms with Crippen molar-refractivity contribution < 1.29 is 19.1 Å². The van der Waals surface area contributed by atoms with Gasteiger partial charge in [0.15, 0.2) is 6.61 Å². The molecule has 6 nitrogen and oxygen atoms in total. The number of nitrogens with zero attached hydrogens (tertiary/aromatic N) is 1. The Balaban J connectivity index is 1.86. The number of rotatable bonds is 7. The standard InChI is InChI=1S/C19H28N2O4S/c1-13(2)17(20-18(23)15-10-7-11-26-15)19(24)25-12-16(22)21(3)14-8-5-4-6-9-14/h7,10-11,13-14,17H,4-6,8-9,12H2,1-3H3,(H,20,23). The predicted octanol–water partition coefficient (Wildman–Crippen LogP) is 2.84. The van der Waals surface area contributed by atoms with Gasteiger partial charge in [0, 0.05) is 13.1 Å². The maximum Gasteiger partial charge on any atom is 0.329 e. The van der Waals surface area contributed by atoms with E-state index in [1.165, 1.54) is 17.8 Å². The summed E-state index contributed by atoms with van der Waals surface area (Å²) in [5.41, 5.74) is 0. The van der Waals surface area contributed by atoms with E-state index in [4.69, 9.17) is 4.74 Å². The summed E-state index contributed by atoms with van der Waals surface area (Å²) < 4.78 is 5.22. The Morgan fingerprint density at radius 3 is 2.54 bits per heavy atom. The second-order valence-electron chi connectivity index (χ2n) is 7.08. The first-order chi connectivity index (χ1) is 12.4. The van der Waals surface area contributed by atoms with Crippen LogP contribution in [0.4, 0.5) is 0 Å². The minimum absolute atomic E-state index is 0.141. The number of likely N-dealkylation sites (N-methyl/N-ethyl adjacent to an activating group) is 1. The molecular formula is C19H28N2O4S. The van der Waals surface area contributed by atoms with E-state index in [9.17, 15) is 14.4 Å². The van der Waals surface area contributed by atoms with Crippen LogP contribution in [0.15, 0.2) is 17.5 Å². The quantitative estimate of drug-likeness (QED) is 0.738. The summed E-state index contributed by atoms with van der Waals surface area (Å²) in [6, 6.07) is 2.93. The molecule has 0 aromatic carbocycles. The summed E-state index contributed by atoms with van der Waals surface area (Å²) in [5, 5.41) is 4.51. The van der Waals surface area contributed by atoms with E-state index in [0.29, 0.717) is 4.88 Å². The number of nitrogens with one attached hydrogen (secondary N) is 1. The molecule has 1 saturated carbocycles. The van der Waals surface area contributed by atoms with Gasteiger partial charge in [0.05, 0.1) is 4.88 Å². The number of amides is 2. The third-order valence-electron chi connectivity index (χ3n) is 4.81. The van der Waals surface area contributed by atoms with Crippen molar-refractivity contribution in [1.82, 2.24) is 10.2 Å². The first kappa shape index (κ1) is 20.4. The van der Waals surface area contributed by atoms with Crippen LogP contribution >= 0.6 is 11.3 Å². The van der Waals surface area contributed by atoms with Gasteiger partial charge in [-0.2, -0.15) is 0 Å². The molecule has 2 amide bonds. The van der Waals surface area contributed by atoms with Crippen LogP contribution in [0.3, 0.4) is 0 Å². The van der Waals surface area contributed by atoms with Crippen LogP contribution in [0.2, 0.25) is 0 Å². The monoisotopic (exact) mass is 380 g/mol. The third-order valence-corrected chi connectivity index (χ3v) is 5.67. The van der Waals surface area contributed by atoms with Gasteiger partial charge in [-0.15, -0.1) is 11.3 Å². The number of ether oxygens (including phenoxy) is 1. The molecule has 1 heterocycles. The van der Waals surface area contributed by atoms with Crippen molar-refractivity contribution >= 4 is 29.1 Å². The first-order valence-electron chi connectivity index (χ1n) is 9.16. The van der Waals surface area contributed by atoms with Gasteiger partial charge < -0.3 is 15.0 Å². The summed E-state index contributed by atoms with van der Waals surface area (Å²) in [6.45, 7) is 3.37. The summed E-state index contributed by atoms with van der Waals surface area (Å²) in [7, 11) is 1.77. The number of carbonyl (C=O) groups excluding carboxylic acids is 3. The molecule has 144 valence electrons. The van der Waals surface area contributed by atoms with Gasteiger partial charge in [-0.05, 0) is 30.2 Å². The van der Waals surface area contributed by atoms with E-state index in [1.54, 1.807) is 29.5 Å². The molecule has 0 spiro atoms. The Morgan fingerprint density at radius 1 is 1.27 bits per heavy atom. The van der Waals surface area contributed by atoms with Crippen molar-refractivity contribution in [3.63, 3.8) is 0 Å². The minimum Gasteiger partial charge on any atom is -0.454 e. The first-order valence-corrected chi connectivity index (χ1v) is 10.0. The van der Waals surface area contributed by atoms with Gasteiger partial charge in [-0.25, -0.2) is 4.79 Å². The van der Waals surface area contributed by atoms with Crippen LogP contribution in [0.1, 0.15) is 55.6 Å². The van der Waals surface area contributed by atoms with Crippen molar-refractivity contribution in [2.24, 2.45) is 5.92 Å². The van der Waals surface area contributed by atoms with E-state index in [2.05, 4.69) is 5.32 Å². The van der Waals surface area contributed by atoms with E-state index in [-0.39, 0.29) is 30.4 Å². The maximum atomic E-state index is 12.4. The molecule has 1 aliphatic rings. The average Bonchev–Trinajstić information content (AvgIpc) is 3.18. The lowest BCUT2D eigenvalue weighted by Crippen LogP contribution is -2.46. The van der Waals surface area contributed by atoms with Crippen LogP contribution in [0.5, 0.6) is 0 Å². The molecule has 0 aliphatic heterocycles. The van der Waals surface area contributed by atoms with Crippen LogP contribution in [0.25, 0.3) is 0 Å². The summed E-state index contributed by atoms with van der Waals surface area (Å²) in [5.74, 6) is -1.22. The molecule has 0 saturated heterocycles. The Bertz CT molecular complexity index is 609. The highest BCUT2D eigenvalue weighted by atomic mass is 32.1. The van der Waals surface area contributed by atoms with Crippen molar-refractivity contribution in [3.8, 4) is 0 Å². The van der Waals surface area contributed by atoms with Crippen LogP contribution in [-0.2, 0) is 14.3 Å². The van der Waals surface area contributed by atoms with E-state index < -0.39 is 12.0 Å². The van der Waals surface area contributed by atoms with Gasteiger partial charge in [-0.3, -0.25) is 9.59 Å². The third kappa shape index (κ3) is 5.56. The number of thiophene rings is 1. The normalized spacial score (nSPS) is 16.2. The predicted molar refractivity (Wildman–Crippen MR) is 101 cm³/mol. The SMILES string of the molecule is CC(C)C(NC(=O)c1cccs1)C(=O)OCC(=O)N(C)C1CCCCC1. The minimum atomic E-state index is -0.780.